The fraction of sp³-hybridized carbons (Fsp3) is 0.500. The summed E-state index contributed by atoms with van der Waals surface area (Å²) in [4.78, 5) is 30.9. The van der Waals surface area contributed by atoms with Crippen LogP contribution in [0.4, 0.5) is 5.82 Å². The zero-order valence-corrected chi connectivity index (χ0v) is 21.3. The first-order chi connectivity index (χ1) is 16.3. The lowest BCUT2D eigenvalue weighted by molar-refractivity contribution is -0.141. The van der Waals surface area contributed by atoms with Crippen LogP contribution < -0.4 is 4.90 Å². The van der Waals surface area contributed by atoms with E-state index in [4.69, 9.17) is 27.9 Å². The van der Waals surface area contributed by atoms with Gasteiger partial charge in [-0.2, -0.15) is 0 Å². The van der Waals surface area contributed by atoms with Crippen molar-refractivity contribution in [3.05, 3.63) is 40.4 Å². The Hall–Kier alpha value is -2.42. The summed E-state index contributed by atoms with van der Waals surface area (Å²) in [7, 11) is 1.59. The summed E-state index contributed by atoms with van der Waals surface area (Å²) in [5.41, 5.74) is 1.44. The smallest absolute Gasteiger partial charge is 0.242 e. The molecule has 10 heteroatoms. The molecule has 1 aliphatic heterocycles. The van der Waals surface area contributed by atoms with Gasteiger partial charge in [0.15, 0.2) is 5.82 Å². The van der Waals surface area contributed by atoms with Gasteiger partial charge in [0.05, 0.1) is 23.9 Å². The zero-order valence-electron chi connectivity index (χ0n) is 19.8. The van der Waals surface area contributed by atoms with Crippen molar-refractivity contribution in [3.63, 3.8) is 0 Å². The molecule has 2 amide bonds. The maximum absolute atomic E-state index is 12.9. The number of halogens is 2. The Kier molecular flexibility index (Phi) is 9.50. The zero-order chi connectivity index (χ0) is 24.7. The van der Waals surface area contributed by atoms with Gasteiger partial charge < -0.3 is 19.4 Å². The van der Waals surface area contributed by atoms with Gasteiger partial charge in [0.25, 0.3) is 0 Å². The molecule has 0 unspecified atom stereocenters. The quantitative estimate of drug-likeness (QED) is 0.515. The average Bonchev–Trinajstić information content (AvgIpc) is 2.81. The van der Waals surface area contributed by atoms with Crippen LogP contribution in [-0.2, 0) is 14.3 Å². The normalized spacial score (nSPS) is 13.9. The lowest BCUT2D eigenvalue weighted by Crippen LogP contribution is -2.52. The first kappa shape index (κ1) is 26.2. The van der Waals surface area contributed by atoms with Crippen molar-refractivity contribution in [2.75, 3.05) is 57.9 Å². The van der Waals surface area contributed by atoms with Crippen LogP contribution in [0.25, 0.3) is 11.3 Å². The molecular weight excluding hydrogens is 477 g/mol. The number of ether oxygens (including phenoxy) is 1. The molecule has 0 aliphatic carbocycles. The molecule has 0 spiro atoms. The second-order valence-corrected chi connectivity index (χ2v) is 9.52. The van der Waals surface area contributed by atoms with E-state index >= 15 is 0 Å². The third kappa shape index (κ3) is 7.04. The van der Waals surface area contributed by atoms with Gasteiger partial charge in [-0.05, 0) is 36.2 Å². The number of methoxy groups -OCH3 is 1. The maximum atomic E-state index is 12.9. The van der Waals surface area contributed by atoms with E-state index in [2.05, 4.69) is 15.1 Å². The molecule has 34 heavy (non-hydrogen) atoms. The number of hydrogen-bond acceptors (Lipinski definition) is 6. The predicted octanol–water partition coefficient (Wildman–Crippen LogP) is 3.62. The van der Waals surface area contributed by atoms with Crippen molar-refractivity contribution < 1.29 is 14.3 Å². The summed E-state index contributed by atoms with van der Waals surface area (Å²) in [6, 6.07) is 9.05. The highest BCUT2D eigenvalue weighted by atomic mass is 35.5. The minimum Gasteiger partial charge on any atom is -0.383 e. The second kappa shape index (κ2) is 12.3. The summed E-state index contributed by atoms with van der Waals surface area (Å²) in [5.74, 6) is 0.913. The van der Waals surface area contributed by atoms with Crippen LogP contribution in [0.5, 0.6) is 0 Å². The van der Waals surface area contributed by atoms with Gasteiger partial charge in [-0.1, -0.05) is 37.0 Å². The summed E-state index contributed by atoms with van der Waals surface area (Å²) < 4.78 is 5.11. The first-order valence-electron chi connectivity index (χ1n) is 11.4. The van der Waals surface area contributed by atoms with Crippen molar-refractivity contribution in [2.45, 2.75) is 20.3 Å². The Morgan fingerprint density at radius 1 is 1.09 bits per heavy atom. The van der Waals surface area contributed by atoms with E-state index in [0.29, 0.717) is 61.5 Å². The molecule has 0 N–H and O–H groups in total. The van der Waals surface area contributed by atoms with Crippen molar-refractivity contribution in [1.29, 1.82) is 0 Å². The van der Waals surface area contributed by atoms with Crippen LogP contribution >= 0.6 is 23.2 Å². The highest BCUT2D eigenvalue weighted by Crippen LogP contribution is 2.29. The molecule has 1 aliphatic rings. The molecule has 1 saturated heterocycles. The molecule has 2 heterocycles. The summed E-state index contributed by atoms with van der Waals surface area (Å²) in [6.07, 6.45) is 0.417. The van der Waals surface area contributed by atoms with E-state index in [1.807, 2.05) is 32.0 Å². The third-order valence-electron chi connectivity index (χ3n) is 5.64. The third-order valence-corrected chi connectivity index (χ3v) is 6.19. The summed E-state index contributed by atoms with van der Waals surface area (Å²) >= 11 is 12.2. The van der Waals surface area contributed by atoms with E-state index in [1.165, 1.54) is 0 Å². The van der Waals surface area contributed by atoms with Crippen molar-refractivity contribution in [3.8, 4) is 11.3 Å². The number of benzene rings is 1. The number of carbonyl (C=O) groups excluding carboxylic acids is 2. The van der Waals surface area contributed by atoms with Crippen LogP contribution in [0.2, 0.25) is 10.0 Å². The maximum Gasteiger partial charge on any atom is 0.242 e. The molecule has 8 nitrogen and oxygen atoms in total. The number of amides is 2. The van der Waals surface area contributed by atoms with Crippen LogP contribution in [0.1, 0.15) is 20.3 Å². The molecule has 0 radical (unpaired) electrons. The van der Waals surface area contributed by atoms with Crippen LogP contribution in [-0.4, -0.2) is 84.8 Å². The molecule has 3 rings (SSSR count). The molecule has 0 saturated carbocycles. The molecule has 1 fully saturated rings. The van der Waals surface area contributed by atoms with Crippen molar-refractivity contribution in [2.24, 2.45) is 5.92 Å². The Labute approximate surface area is 210 Å². The number of anilines is 1. The number of rotatable bonds is 9. The Morgan fingerprint density at radius 3 is 2.41 bits per heavy atom. The van der Waals surface area contributed by atoms with Gasteiger partial charge in [-0.3, -0.25) is 9.59 Å². The predicted molar refractivity (Wildman–Crippen MR) is 134 cm³/mol. The van der Waals surface area contributed by atoms with Crippen LogP contribution in [0.3, 0.4) is 0 Å². The van der Waals surface area contributed by atoms with E-state index in [9.17, 15) is 9.59 Å². The first-order valence-corrected chi connectivity index (χ1v) is 12.1. The Morgan fingerprint density at radius 2 is 1.82 bits per heavy atom. The fourth-order valence-electron chi connectivity index (χ4n) is 3.75. The van der Waals surface area contributed by atoms with Gasteiger partial charge in [0, 0.05) is 56.8 Å². The Balaban J connectivity index is 1.56. The van der Waals surface area contributed by atoms with Gasteiger partial charge in [-0.15, -0.1) is 10.2 Å². The summed E-state index contributed by atoms with van der Waals surface area (Å²) in [5, 5.41) is 9.77. The van der Waals surface area contributed by atoms with E-state index in [-0.39, 0.29) is 24.3 Å². The van der Waals surface area contributed by atoms with Gasteiger partial charge in [0.1, 0.15) is 0 Å². The van der Waals surface area contributed by atoms with Gasteiger partial charge >= 0.3 is 0 Å². The van der Waals surface area contributed by atoms with Crippen molar-refractivity contribution in [1.82, 2.24) is 20.0 Å². The lowest BCUT2D eigenvalue weighted by Gasteiger charge is -2.36. The SMILES string of the molecule is COCCN(CC(=O)N1CCN(c2ccc(-c3ccc(Cl)cc3Cl)nn2)CC1)C(=O)CC(C)C. The number of aromatic nitrogens is 2. The minimum absolute atomic E-state index is 0.0183. The highest BCUT2D eigenvalue weighted by Gasteiger charge is 2.25. The standard InChI is InChI=1S/C24H31Cl2N5O3/c1-17(2)14-23(32)31(12-13-34-3)16-24(33)30-10-8-29(9-11-30)22-7-6-21(27-28-22)19-5-4-18(25)15-20(19)26/h4-7,15,17H,8-14,16H2,1-3H3. The minimum atomic E-state index is -0.0494. The molecule has 184 valence electrons. The summed E-state index contributed by atoms with van der Waals surface area (Å²) in [6.45, 7) is 7.27. The van der Waals surface area contributed by atoms with Gasteiger partial charge in [0.2, 0.25) is 11.8 Å². The monoisotopic (exact) mass is 507 g/mol. The van der Waals surface area contributed by atoms with Crippen LogP contribution in [0.15, 0.2) is 30.3 Å². The largest absolute Gasteiger partial charge is 0.383 e. The highest BCUT2D eigenvalue weighted by molar-refractivity contribution is 6.36. The van der Waals surface area contributed by atoms with E-state index in [1.54, 1.807) is 29.0 Å². The number of carbonyl (C=O) groups is 2. The molecule has 2 aromatic rings. The van der Waals surface area contributed by atoms with Crippen molar-refractivity contribution >= 4 is 40.8 Å². The molecular formula is C24H31Cl2N5O3. The van der Waals surface area contributed by atoms with Crippen LogP contribution in [0, 0.1) is 5.92 Å². The molecule has 1 aromatic carbocycles. The lowest BCUT2D eigenvalue weighted by atomic mass is 10.1. The topological polar surface area (TPSA) is 78.9 Å². The number of piperazine rings is 1. The average molecular weight is 508 g/mol. The number of nitrogens with zero attached hydrogens (tertiary/aromatic N) is 5. The fourth-order valence-corrected chi connectivity index (χ4v) is 4.26. The van der Waals surface area contributed by atoms with E-state index in [0.717, 1.165) is 11.4 Å². The molecule has 0 atom stereocenters. The molecule has 1 aromatic heterocycles. The Bertz CT molecular complexity index is 979. The second-order valence-electron chi connectivity index (χ2n) is 8.67. The van der Waals surface area contributed by atoms with Gasteiger partial charge in [-0.25, -0.2) is 0 Å². The molecule has 0 bridgehead atoms. The number of hydrogen-bond donors (Lipinski definition) is 0. The van der Waals surface area contributed by atoms with E-state index < -0.39 is 0 Å².